The zero-order valence-electron chi connectivity index (χ0n) is 7.02. The molecule has 3 heteroatoms. The molecule has 0 aromatic heterocycles. The van der Waals surface area contributed by atoms with Gasteiger partial charge in [-0.25, -0.2) is 0 Å². The predicted octanol–water partition coefficient (Wildman–Crippen LogP) is 1.33. The lowest BCUT2D eigenvalue weighted by atomic mass is 9.88. The molecule has 0 radical (unpaired) electrons. The van der Waals surface area contributed by atoms with Crippen LogP contribution in [-0.2, 0) is 4.79 Å². The van der Waals surface area contributed by atoms with E-state index in [0.29, 0.717) is 6.42 Å². The van der Waals surface area contributed by atoms with Gasteiger partial charge in [0.15, 0.2) is 0 Å². The Morgan fingerprint density at radius 2 is 2.00 bits per heavy atom. The van der Waals surface area contributed by atoms with Crippen LogP contribution in [0.1, 0.15) is 33.1 Å². The second-order valence-electron chi connectivity index (χ2n) is 3.32. The van der Waals surface area contributed by atoms with Crippen LogP contribution in [0.25, 0.3) is 0 Å². The van der Waals surface area contributed by atoms with E-state index < -0.39 is 11.4 Å². The van der Waals surface area contributed by atoms with Gasteiger partial charge in [0.05, 0.1) is 0 Å². The van der Waals surface area contributed by atoms with Crippen molar-refractivity contribution in [2.45, 2.75) is 33.1 Å². The summed E-state index contributed by atoms with van der Waals surface area (Å²) in [6, 6.07) is 0. The highest BCUT2D eigenvalue weighted by atomic mass is 79.9. The number of carboxylic acid groups (broad SMARTS) is 1. The molecule has 0 saturated heterocycles. The zero-order valence-corrected chi connectivity index (χ0v) is 8.61. The van der Waals surface area contributed by atoms with Crippen molar-refractivity contribution in [1.82, 2.24) is 0 Å². The number of hydrogen-bond donors (Lipinski definition) is 0. The molecule has 0 fully saturated rings. The van der Waals surface area contributed by atoms with E-state index in [1.54, 1.807) is 13.8 Å². The van der Waals surface area contributed by atoms with Crippen LogP contribution in [0.5, 0.6) is 0 Å². The standard InChI is InChI=1S/C8H15BrO2/c1-8(2,7(10)11)5-3-4-6-9/h3-6H2,1-2H3,(H,10,11)/p-1. The van der Waals surface area contributed by atoms with E-state index in [2.05, 4.69) is 15.9 Å². The molecule has 0 aliphatic carbocycles. The molecule has 0 aliphatic heterocycles. The van der Waals surface area contributed by atoms with Gasteiger partial charge < -0.3 is 9.90 Å². The van der Waals surface area contributed by atoms with E-state index in [9.17, 15) is 9.90 Å². The van der Waals surface area contributed by atoms with E-state index in [0.717, 1.165) is 18.2 Å². The molecule has 66 valence electrons. The van der Waals surface area contributed by atoms with Crippen LogP contribution in [0.15, 0.2) is 0 Å². The van der Waals surface area contributed by atoms with Crippen LogP contribution in [0, 0.1) is 5.41 Å². The zero-order chi connectivity index (χ0) is 8.91. The van der Waals surface area contributed by atoms with Crippen LogP contribution in [0.2, 0.25) is 0 Å². The van der Waals surface area contributed by atoms with E-state index in [1.807, 2.05) is 0 Å². The van der Waals surface area contributed by atoms with Gasteiger partial charge in [-0.05, 0) is 12.8 Å². The number of carbonyl (C=O) groups excluding carboxylic acids is 1. The first kappa shape index (κ1) is 11.0. The van der Waals surface area contributed by atoms with Gasteiger partial charge in [-0.2, -0.15) is 0 Å². The first-order valence-electron chi connectivity index (χ1n) is 3.78. The van der Waals surface area contributed by atoms with Crippen molar-refractivity contribution in [3.05, 3.63) is 0 Å². The second kappa shape index (κ2) is 4.75. The first-order chi connectivity index (χ1) is 5.00. The summed E-state index contributed by atoms with van der Waals surface area (Å²) in [7, 11) is 0. The van der Waals surface area contributed by atoms with Gasteiger partial charge in [-0.15, -0.1) is 0 Å². The van der Waals surface area contributed by atoms with Crippen LogP contribution in [0.4, 0.5) is 0 Å². The minimum absolute atomic E-state index is 0.665. The summed E-state index contributed by atoms with van der Waals surface area (Å²) in [6.45, 7) is 3.41. The minimum atomic E-state index is -0.952. The van der Waals surface area contributed by atoms with E-state index in [4.69, 9.17) is 0 Å². The van der Waals surface area contributed by atoms with Gasteiger partial charge in [0.2, 0.25) is 0 Å². The van der Waals surface area contributed by atoms with Crippen molar-refractivity contribution >= 4 is 21.9 Å². The fraction of sp³-hybridized carbons (Fsp3) is 0.875. The van der Waals surface area contributed by atoms with Crippen LogP contribution in [-0.4, -0.2) is 11.3 Å². The average molecular weight is 222 g/mol. The van der Waals surface area contributed by atoms with Gasteiger partial charge >= 0.3 is 0 Å². The van der Waals surface area contributed by atoms with Crippen molar-refractivity contribution in [2.24, 2.45) is 5.41 Å². The number of carboxylic acids is 1. The quantitative estimate of drug-likeness (QED) is 0.520. The van der Waals surface area contributed by atoms with Gasteiger partial charge in [0, 0.05) is 16.7 Å². The normalized spacial score (nSPS) is 11.5. The molecule has 0 atom stereocenters. The SMILES string of the molecule is CC(C)(CCCCBr)C(=O)[O-]. The largest absolute Gasteiger partial charge is 0.550 e. The lowest BCUT2D eigenvalue weighted by molar-refractivity contribution is -0.317. The summed E-state index contributed by atoms with van der Waals surface area (Å²) < 4.78 is 0. The molecule has 0 rings (SSSR count). The molecule has 0 unspecified atom stereocenters. The third-order valence-electron chi connectivity index (χ3n) is 1.74. The van der Waals surface area contributed by atoms with Crippen molar-refractivity contribution in [3.8, 4) is 0 Å². The van der Waals surface area contributed by atoms with Crippen LogP contribution < -0.4 is 5.11 Å². The fourth-order valence-electron chi connectivity index (χ4n) is 0.763. The van der Waals surface area contributed by atoms with Crippen molar-refractivity contribution in [2.75, 3.05) is 5.33 Å². The second-order valence-corrected chi connectivity index (χ2v) is 4.11. The van der Waals surface area contributed by atoms with Gasteiger partial charge in [0.1, 0.15) is 0 Å². The Kier molecular flexibility index (Phi) is 4.73. The highest BCUT2D eigenvalue weighted by Gasteiger charge is 2.17. The number of carbonyl (C=O) groups is 1. The molecule has 0 bridgehead atoms. The Balaban J connectivity index is 3.64. The number of aliphatic carboxylic acids is 1. The number of unbranched alkanes of at least 4 members (excludes halogenated alkanes) is 1. The monoisotopic (exact) mass is 221 g/mol. The van der Waals surface area contributed by atoms with E-state index in [1.165, 1.54) is 0 Å². The maximum absolute atomic E-state index is 10.5. The Bertz CT molecular complexity index is 132. The third kappa shape index (κ3) is 4.40. The highest BCUT2D eigenvalue weighted by molar-refractivity contribution is 9.09. The predicted molar refractivity (Wildman–Crippen MR) is 46.4 cm³/mol. The summed E-state index contributed by atoms with van der Waals surface area (Å²) >= 11 is 3.29. The molecule has 0 aromatic rings. The molecule has 0 saturated carbocycles. The summed E-state index contributed by atoms with van der Waals surface area (Å²) in [4.78, 5) is 10.5. The number of rotatable bonds is 5. The molecule has 11 heavy (non-hydrogen) atoms. The smallest absolute Gasteiger partial charge is 0.0470 e. The lowest BCUT2D eigenvalue weighted by Gasteiger charge is -2.25. The van der Waals surface area contributed by atoms with Crippen molar-refractivity contribution in [1.29, 1.82) is 0 Å². The Morgan fingerprint density at radius 1 is 1.45 bits per heavy atom. The van der Waals surface area contributed by atoms with Crippen LogP contribution in [0.3, 0.4) is 0 Å². The molecule has 0 heterocycles. The Morgan fingerprint density at radius 3 is 2.36 bits per heavy atom. The Labute approximate surface area is 76.1 Å². The number of halogens is 1. The molecular weight excluding hydrogens is 208 g/mol. The summed E-state index contributed by atoms with van der Waals surface area (Å²) in [5, 5.41) is 11.4. The van der Waals surface area contributed by atoms with Crippen LogP contribution >= 0.6 is 15.9 Å². The molecule has 0 aromatic carbocycles. The minimum Gasteiger partial charge on any atom is -0.550 e. The average Bonchev–Trinajstić information content (AvgIpc) is 1.88. The highest BCUT2D eigenvalue weighted by Crippen LogP contribution is 2.22. The molecule has 0 aliphatic rings. The topological polar surface area (TPSA) is 40.1 Å². The summed E-state index contributed by atoms with van der Waals surface area (Å²) in [6.07, 6.45) is 2.66. The maximum Gasteiger partial charge on any atom is 0.0470 e. The molecule has 2 nitrogen and oxygen atoms in total. The molecule has 0 amide bonds. The van der Waals surface area contributed by atoms with E-state index >= 15 is 0 Å². The summed E-state index contributed by atoms with van der Waals surface area (Å²) in [5.74, 6) is -0.952. The Hall–Kier alpha value is -0.0500. The third-order valence-corrected chi connectivity index (χ3v) is 2.30. The number of hydrogen-bond acceptors (Lipinski definition) is 2. The first-order valence-corrected chi connectivity index (χ1v) is 4.90. The van der Waals surface area contributed by atoms with Crippen molar-refractivity contribution in [3.63, 3.8) is 0 Å². The van der Waals surface area contributed by atoms with Gasteiger partial charge in [-0.1, -0.05) is 36.2 Å². The maximum atomic E-state index is 10.5. The van der Waals surface area contributed by atoms with E-state index in [-0.39, 0.29) is 0 Å². The molecule has 0 spiro atoms. The van der Waals surface area contributed by atoms with Gasteiger partial charge in [0.25, 0.3) is 0 Å². The van der Waals surface area contributed by atoms with Crippen molar-refractivity contribution < 1.29 is 9.90 Å². The molecular formula is C8H14BrO2-. The summed E-state index contributed by atoms with van der Waals surface area (Å²) in [5.41, 5.74) is -0.665. The fourth-order valence-corrected chi connectivity index (χ4v) is 1.16. The van der Waals surface area contributed by atoms with Gasteiger partial charge in [-0.3, -0.25) is 0 Å². The lowest BCUT2D eigenvalue weighted by Crippen LogP contribution is -2.37. The number of alkyl halides is 1. The molecule has 0 N–H and O–H groups in total.